The van der Waals surface area contributed by atoms with E-state index in [2.05, 4.69) is 49.5 Å². The standard InChI is InChI=1S/C28H26ClNO/c1-19(2)20-10-13-22(14-11-20)27(30-26-9-5-8-25(29)17-26)18-28(31)24-15-12-21-6-3-4-7-23(21)16-24/h3-17,19,27,30H,18H2,1-2H3. The number of carbonyl (C=O) groups excluding carboxylic acids is 1. The maximum atomic E-state index is 13.2. The molecule has 2 nitrogen and oxygen atoms in total. The molecule has 0 aliphatic carbocycles. The van der Waals surface area contributed by atoms with E-state index in [9.17, 15) is 4.79 Å². The highest BCUT2D eigenvalue weighted by Gasteiger charge is 2.18. The number of carbonyl (C=O) groups is 1. The summed E-state index contributed by atoms with van der Waals surface area (Å²) >= 11 is 6.18. The van der Waals surface area contributed by atoms with E-state index in [-0.39, 0.29) is 11.8 Å². The predicted octanol–water partition coefficient (Wildman–Crippen LogP) is 8.04. The first kappa shape index (κ1) is 21.1. The molecule has 3 heteroatoms. The molecule has 1 atom stereocenters. The minimum absolute atomic E-state index is 0.109. The molecule has 0 aliphatic rings. The van der Waals surface area contributed by atoms with Crippen LogP contribution < -0.4 is 5.32 Å². The third-order valence-corrected chi connectivity index (χ3v) is 5.87. The van der Waals surface area contributed by atoms with Crippen molar-refractivity contribution >= 4 is 33.8 Å². The topological polar surface area (TPSA) is 29.1 Å². The minimum Gasteiger partial charge on any atom is -0.378 e. The van der Waals surface area contributed by atoms with Gasteiger partial charge in [-0.15, -0.1) is 0 Å². The van der Waals surface area contributed by atoms with E-state index < -0.39 is 0 Å². The van der Waals surface area contributed by atoms with Crippen LogP contribution in [0, 0.1) is 0 Å². The van der Waals surface area contributed by atoms with Gasteiger partial charge in [0, 0.05) is 22.7 Å². The summed E-state index contributed by atoms with van der Waals surface area (Å²) in [6, 6.07) is 30.0. The van der Waals surface area contributed by atoms with E-state index in [1.54, 1.807) is 0 Å². The lowest BCUT2D eigenvalue weighted by Crippen LogP contribution is -2.16. The maximum absolute atomic E-state index is 13.2. The van der Waals surface area contributed by atoms with E-state index in [1.807, 2.05) is 60.7 Å². The smallest absolute Gasteiger partial charge is 0.165 e. The summed E-state index contributed by atoms with van der Waals surface area (Å²) in [6.45, 7) is 4.36. The molecular weight excluding hydrogens is 402 g/mol. The number of ketones is 1. The van der Waals surface area contributed by atoms with Crippen molar-refractivity contribution in [1.29, 1.82) is 0 Å². The number of Topliss-reactive ketones (excluding diaryl/α,β-unsaturated/α-hetero) is 1. The molecule has 0 bridgehead atoms. The van der Waals surface area contributed by atoms with Gasteiger partial charge in [-0.3, -0.25) is 4.79 Å². The Morgan fingerprint density at radius 1 is 0.806 bits per heavy atom. The Labute approximate surface area is 188 Å². The quantitative estimate of drug-likeness (QED) is 0.302. The van der Waals surface area contributed by atoms with Crippen LogP contribution in [0.1, 0.15) is 53.7 Å². The number of halogens is 1. The summed E-state index contributed by atoms with van der Waals surface area (Å²) in [5.41, 5.74) is 4.00. The van der Waals surface area contributed by atoms with Gasteiger partial charge >= 0.3 is 0 Å². The fraction of sp³-hybridized carbons (Fsp3) is 0.179. The molecular formula is C28H26ClNO. The molecule has 1 unspecified atom stereocenters. The van der Waals surface area contributed by atoms with Gasteiger partial charge < -0.3 is 5.32 Å². The van der Waals surface area contributed by atoms with Crippen LogP contribution in [0.4, 0.5) is 5.69 Å². The van der Waals surface area contributed by atoms with Crippen LogP contribution in [-0.4, -0.2) is 5.78 Å². The summed E-state index contributed by atoms with van der Waals surface area (Å²) in [4.78, 5) is 13.2. The van der Waals surface area contributed by atoms with Gasteiger partial charge in [0.1, 0.15) is 0 Å². The van der Waals surface area contributed by atoms with E-state index >= 15 is 0 Å². The SMILES string of the molecule is CC(C)c1ccc(C(CC(=O)c2ccc3ccccc3c2)Nc2cccc(Cl)c2)cc1. The second-order valence-electron chi connectivity index (χ2n) is 8.22. The Hall–Kier alpha value is -3.10. The maximum Gasteiger partial charge on any atom is 0.165 e. The monoisotopic (exact) mass is 427 g/mol. The number of hydrogen-bond donors (Lipinski definition) is 1. The third-order valence-electron chi connectivity index (χ3n) is 5.63. The van der Waals surface area contributed by atoms with Gasteiger partial charge in [0.05, 0.1) is 6.04 Å². The van der Waals surface area contributed by atoms with Crippen molar-refractivity contribution in [3.05, 3.63) is 113 Å². The number of benzene rings is 4. The van der Waals surface area contributed by atoms with E-state index in [0.29, 0.717) is 17.4 Å². The molecule has 0 aromatic heterocycles. The fourth-order valence-corrected chi connectivity index (χ4v) is 4.00. The van der Waals surface area contributed by atoms with Gasteiger partial charge in [-0.05, 0) is 52.1 Å². The molecule has 0 saturated heterocycles. The highest BCUT2D eigenvalue weighted by molar-refractivity contribution is 6.30. The first-order valence-electron chi connectivity index (χ1n) is 10.6. The molecule has 4 rings (SSSR count). The highest BCUT2D eigenvalue weighted by atomic mass is 35.5. The van der Waals surface area contributed by atoms with Gasteiger partial charge in [0.25, 0.3) is 0 Å². The van der Waals surface area contributed by atoms with Gasteiger partial charge in [0.2, 0.25) is 0 Å². The zero-order valence-electron chi connectivity index (χ0n) is 17.8. The van der Waals surface area contributed by atoms with Crippen molar-refractivity contribution in [2.24, 2.45) is 0 Å². The second-order valence-corrected chi connectivity index (χ2v) is 8.65. The lowest BCUT2D eigenvalue weighted by Gasteiger charge is -2.21. The van der Waals surface area contributed by atoms with Crippen molar-refractivity contribution in [2.75, 3.05) is 5.32 Å². The molecule has 1 N–H and O–H groups in total. The normalized spacial score (nSPS) is 12.1. The average Bonchev–Trinajstić information content (AvgIpc) is 2.78. The molecule has 0 spiro atoms. The minimum atomic E-state index is -0.154. The summed E-state index contributed by atoms with van der Waals surface area (Å²) < 4.78 is 0. The molecule has 0 aliphatic heterocycles. The Balaban J connectivity index is 1.62. The van der Waals surface area contributed by atoms with Crippen LogP contribution >= 0.6 is 11.6 Å². The van der Waals surface area contributed by atoms with Gasteiger partial charge in [-0.1, -0.05) is 92.2 Å². The third kappa shape index (κ3) is 5.15. The van der Waals surface area contributed by atoms with E-state index in [0.717, 1.165) is 27.6 Å². The summed E-state index contributed by atoms with van der Waals surface area (Å²) in [5.74, 6) is 0.575. The zero-order valence-corrected chi connectivity index (χ0v) is 18.6. The Morgan fingerprint density at radius 3 is 2.23 bits per heavy atom. The van der Waals surface area contributed by atoms with E-state index in [4.69, 9.17) is 11.6 Å². The molecule has 4 aromatic carbocycles. The number of fused-ring (bicyclic) bond motifs is 1. The van der Waals surface area contributed by atoms with Gasteiger partial charge in [-0.25, -0.2) is 0 Å². The highest BCUT2D eigenvalue weighted by Crippen LogP contribution is 2.28. The Bertz CT molecular complexity index is 1200. The van der Waals surface area contributed by atoms with Gasteiger partial charge in [0.15, 0.2) is 5.78 Å². The van der Waals surface area contributed by atoms with Crippen LogP contribution in [0.25, 0.3) is 10.8 Å². The molecule has 156 valence electrons. The number of anilines is 1. The van der Waals surface area contributed by atoms with Crippen LogP contribution in [-0.2, 0) is 0 Å². The van der Waals surface area contributed by atoms with Crippen LogP contribution in [0.5, 0.6) is 0 Å². The van der Waals surface area contributed by atoms with Crippen molar-refractivity contribution in [3.8, 4) is 0 Å². The second kappa shape index (κ2) is 9.36. The molecule has 0 saturated carbocycles. The zero-order chi connectivity index (χ0) is 21.8. The number of hydrogen-bond acceptors (Lipinski definition) is 2. The van der Waals surface area contributed by atoms with Crippen LogP contribution in [0.2, 0.25) is 5.02 Å². The lowest BCUT2D eigenvalue weighted by atomic mass is 9.94. The van der Waals surface area contributed by atoms with E-state index in [1.165, 1.54) is 5.56 Å². The molecule has 31 heavy (non-hydrogen) atoms. The number of nitrogens with one attached hydrogen (secondary N) is 1. The molecule has 0 heterocycles. The van der Waals surface area contributed by atoms with Crippen LogP contribution in [0.15, 0.2) is 91.0 Å². The number of rotatable bonds is 7. The van der Waals surface area contributed by atoms with Crippen molar-refractivity contribution in [2.45, 2.75) is 32.2 Å². The lowest BCUT2D eigenvalue weighted by molar-refractivity contribution is 0.0976. The fourth-order valence-electron chi connectivity index (χ4n) is 3.81. The van der Waals surface area contributed by atoms with Crippen LogP contribution in [0.3, 0.4) is 0 Å². The molecule has 0 radical (unpaired) electrons. The molecule has 0 amide bonds. The summed E-state index contributed by atoms with van der Waals surface area (Å²) in [7, 11) is 0. The summed E-state index contributed by atoms with van der Waals surface area (Å²) in [6.07, 6.45) is 0.353. The van der Waals surface area contributed by atoms with Crippen molar-refractivity contribution in [3.63, 3.8) is 0 Å². The largest absolute Gasteiger partial charge is 0.378 e. The average molecular weight is 428 g/mol. The molecule has 0 fully saturated rings. The predicted molar refractivity (Wildman–Crippen MR) is 131 cm³/mol. The van der Waals surface area contributed by atoms with Crippen molar-refractivity contribution < 1.29 is 4.79 Å². The Morgan fingerprint density at radius 2 is 1.52 bits per heavy atom. The van der Waals surface area contributed by atoms with Gasteiger partial charge in [-0.2, -0.15) is 0 Å². The summed E-state index contributed by atoms with van der Waals surface area (Å²) in [5, 5.41) is 6.40. The first-order chi connectivity index (χ1) is 15.0. The molecule has 4 aromatic rings. The van der Waals surface area contributed by atoms with Crippen molar-refractivity contribution in [1.82, 2.24) is 0 Å². The Kier molecular flexibility index (Phi) is 6.39. The first-order valence-corrected chi connectivity index (χ1v) is 11.0.